The number of aryl methyl sites for hydroxylation is 1. The Hall–Kier alpha value is -2.55. The van der Waals surface area contributed by atoms with Crippen LogP contribution in [0.2, 0.25) is 0 Å². The minimum atomic E-state index is 0.832. The lowest BCUT2D eigenvalue weighted by atomic mass is 10.1. The Kier molecular flexibility index (Phi) is 3.25. The van der Waals surface area contributed by atoms with Crippen LogP contribution in [0.5, 0.6) is 5.75 Å². The van der Waals surface area contributed by atoms with E-state index in [9.17, 15) is 0 Å². The van der Waals surface area contributed by atoms with Gasteiger partial charge in [0.05, 0.1) is 7.11 Å². The normalized spacial score (nSPS) is 10.5. The number of nitrogens with one attached hydrogen (secondary N) is 1. The number of anilines is 2. The van der Waals surface area contributed by atoms with Crippen LogP contribution in [0.3, 0.4) is 0 Å². The molecule has 0 amide bonds. The number of hydrogen-bond donors (Lipinski definition) is 1. The maximum Gasteiger partial charge on any atom is 0.138 e. The van der Waals surface area contributed by atoms with Crippen molar-refractivity contribution in [2.24, 2.45) is 0 Å². The highest BCUT2D eigenvalue weighted by Gasteiger charge is 2.05. The van der Waals surface area contributed by atoms with Crippen molar-refractivity contribution in [2.45, 2.75) is 6.92 Å². The molecule has 0 unspecified atom stereocenters. The maximum atomic E-state index is 5.30. The van der Waals surface area contributed by atoms with Crippen LogP contribution < -0.4 is 10.1 Å². The van der Waals surface area contributed by atoms with E-state index >= 15 is 0 Å². The van der Waals surface area contributed by atoms with E-state index in [-0.39, 0.29) is 0 Å². The molecular formula is C17H16N2O. The van der Waals surface area contributed by atoms with E-state index in [1.165, 1.54) is 5.56 Å². The predicted molar refractivity (Wildman–Crippen MR) is 82.8 cm³/mol. The smallest absolute Gasteiger partial charge is 0.138 e. The molecule has 3 heteroatoms. The zero-order valence-electron chi connectivity index (χ0n) is 11.6. The Morgan fingerprint density at radius 2 is 1.90 bits per heavy atom. The second-order valence-corrected chi connectivity index (χ2v) is 4.69. The number of rotatable bonds is 3. The average Bonchev–Trinajstić information content (AvgIpc) is 2.49. The molecule has 0 spiro atoms. The summed E-state index contributed by atoms with van der Waals surface area (Å²) in [5.74, 6) is 1.68. The molecule has 0 bridgehead atoms. The quantitative estimate of drug-likeness (QED) is 0.766. The Morgan fingerprint density at radius 3 is 2.70 bits per heavy atom. The Morgan fingerprint density at radius 1 is 1.05 bits per heavy atom. The van der Waals surface area contributed by atoms with Gasteiger partial charge < -0.3 is 10.1 Å². The summed E-state index contributed by atoms with van der Waals surface area (Å²) in [5, 5.41) is 5.59. The Bertz CT molecular complexity index is 753. The van der Waals surface area contributed by atoms with Crippen molar-refractivity contribution in [3.63, 3.8) is 0 Å². The van der Waals surface area contributed by atoms with E-state index < -0.39 is 0 Å². The molecule has 100 valence electrons. The molecule has 1 N–H and O–H groups in total. The van der Waals surface area contributed by atoms with E-state index in [2.05, 4.69) is 29.4 Å². The van der Waals surface area contributed by atoms with Gasteiger partial charge in [0.2, 0.25) is 0 Å². The molecule has 0 aliphatic heterocycles. The fourth-order valence-corrected chi connectivity index (χ4v) is 2.21. The van der Waals surface area contributed by atoms with E-state index in [1.54, 1.807) is 7.11 Å². The molecule has 0 fully saturated rings. The lowest BCUT2D eigenvalue weighted by Crippen LogP contribution is -1.96. The van der Waals surface area contributed by atoms with Gasteiger partial charge in [0.15, 0.2) is 0 Å². The monoisotopic (exact) mass is 264 g/mol. The maximum absolute atomic E-state index is 5.30. The predicted octanol–water partition coefficient (Wildman–Crippen LogP) is 4.30. The molecule has 1 aromatic heterocycles. The van der Waals surface area contributed by atoms with Gasteiger partial charge in [-0.2, -0.15) is 0 Å². The standard InChI is InChI=1S/C17H16N2O/c1-12-5-3-4-6-16(12)19-17-15-11-14(20-2)8-7-13(15)9-10-18-17/h3-11H,1-2H3,(H,18,19). The number of para-hydroxylation sites is 1. The number of hydrogen-bond acceptors (Lipinski definition) is 3. The second-order valence-electron chi connectivity index (χ2n) is 4.69. The van der Waals surface area contributed by atoms with Gasteiger partial charge in [0.25, 0.3) is 0 Å². The van der Waals surface area contributed by atoms with Gasteiger partial charge in [-0.15, -0.1) is 0 Å². The largest absolute Gasteiger partial charge is 0.497 e. The van der Waals surface area contributed by atoms with Gasteiger partial charge in [-0.1, -0.05) is 24.3 Å². The van der Waals surface area contributed by atoms with Crippen LogP contribution in [0.4, 0.5) is 11.5 Å². The lowest BCUT2D eigenvalue weighted by Gasteiger charge is -2.11. The first kappa shape index (κ1) is 12.5. The molecule has 1 heterocycles. The van der Waals surface area contributed by atoms with E-state index in [0.717, 1.165) is 28.0 Å². The summed E-state index contributed by atoms with van der Waals surface area (Å²) in [6.45, 7) is 2.08. The summed E-state index contributed by atoms with van der Waals surface area (Å²) in [4.78, 5) is 4.45. The highest BCUT2D eigenvalue weighted by atomic mass is 16.5. The lowest BCUT2D eigenvalue weighted by molar-refractivity contribution is 0.415. The van der Waals surface area contributed by atoms with Crippen molar-refractivity contribution in [3.05, 3.63) is 60.3 Å². The zero-order valence-corrected chi connectivity index (χ0v) is 11.6. The molecule has 3 aromatic rings. The number of methoxy groups -OCH3 is 1. The summed E-state index contributed by atoms with van der Waals surface area (Å²) >= 11 is 0. The molecule has 3 rings (SSSR count). The second kappa shape index (κ2) is 5.21. The van der Waals surface area contributed by atoms with Crippen LogP contribution >= 0.6 is 0 Å². The third kappa shape index (κ3) is 2.30. The van der Waals surface area contributed by atoms with Crippen LogP contribution in [0.1, 0.15) is 5.56 Å². The summed E-state index contributed by atoms with van der Waals surface area (Å²) < 4.78 is 5.30. The molecule has 0 aliphatic rings. The van der Waals surface area contributed by atoms with Crippen molar-refractivity contribution in [1.29, 1.82) is 0 Å². The molecule has 0 radical (unpaired) electrons. The molecule has 0 saturated heterocycles. The van der Waals surface area contributed by atoms with E-state index in [4.69, 9.17) is 4.74 Å². The van der Waals surface area contributed by atoms with E-state index in [0.29, 0.717) is 0 Å². The number of benzene rings is 2. The van der Waals surface area contributed by atoms with Crippen molar-refractivity contribution in [3.8, 4) is 5.75 Å². The molecule has 2 aromatic carbocycles. The fraction of sp³-hybridized carbons (Fsp3) is 0.118. The third-order valence-electron chi connectivity index (χ3n) is 3.37. The summed E-state index contributed by atoms with van der Waals surface area (Å²) in [6, 6.07) is 16.2. The highest BCUT2D eigenvalue weighted by molar-refractivity contribution is 5.94. The van der Waals surface area contributed by atoms with Crippen LogP contribution in [-0.2, 0) is 0 Å². The number of nitrogens with zero attached hydrogens (tertiary/aromatic N) is 1. The van der Waals surface area contributed by atoms with E-state index in [1.807, 2.05) is 42.6 Å². The van der Waals surface area contributed by atoms with Crippen molar-refractivity contribution in [2.75, 3.05) is 12.4 Å². The van der Waals surface area contributed by atoms with Crippen LogP contribution in [0.25, 0.3) is 10.8 Å². The summed E-state index contributed by atoms with van der Waals surface area (Å²) in [5.41, 5.74) is 2.25. The Labute approximate surface area is 118 Å². The first-order valence-electron chi connectivity index (χ1n) is 6.53. The topological polar surface area (TPSA) is 34.1 Å². The summed E-state index contributed by atoms with van der Waals surface area (Å²) in [6.07, 6.45) is 1.81. The molecular weight excluding hydrogens is 248 g/mol. The number of pyridine rings is 1. The van der Waals surface area contributed by atoms with Gasteiger partial charge in [-0.3, -0.25) is 0 Å². The number of aromatic nitrogens is 1. The fourth-order valence-electron chi connectivity index (χ4n) is 2.21. The first-order valence-corrected chi connectivity index (χ1v) is 6.53. The minimum absolute atomic E-state index is 0.832. The molecule has 0 aliphatic carbocycles. The van der Waals surface area contributed by atoms with Gasteiger partial charge in [-0.05, 0) is 42.1 Å². The first-order chi connectivity index (χ1) is 9.78. The molecule has 0 atom stereocenters. The van der Waals surface area contributed by atoms with Gasteiger partial charge in [-0.25, -0.2) is 4.98 Å². The molecule has 3 nitrogen and oxygen atoms in total. The van der Waals surface area contributed by atoms with Gasteiger partial charge in [0, 0.05) is 17.3 Å². The van der Waals surface area contributed by atoms with Crippen molar-refractivity contribution < 1.29 is 4.74 Å². The van der Waals surface area contributed by atoms with Gasteiger partial charge >= 0.3 is 0 Å². The average molecular weight is 264 g/mol. The van der Waals surface area contributed by atoms with Crippen molar-refractivity contribution in [1.82, 2.24) is 4.98 Å². The molecule has 20 heavy (non-hydrogen) atoms. The van der Waals surface area contributed by atoms with Crippen LogP contribution in [0.15, 0.2) is 54.7 Å². The summed E-state index contributed by atoms with van der Waals surface area (Å²) in [7, 11) is 1.67. The number of ether oxygens (including phenoxy) is 1. The zero-order chi connectivity index (χ0) is 13.9. The van der Waals surface area contributed by atoms with Crippen LogP contribution in [-0.4, -0.2) is 12.1 Å². The van der Waals surface area contributed by atoms with Gasteiger partial charge in [0.1, 0.15) is 11.6 Å². The van der Waals surface area contributed by atoms with Crippen LogP contribution in [0, 0.1) is 6.92 Å². The molecule has 0 saturated carbocycles. The minimum Gasteiger partial charge on any atom is -0.497 e. The Balaban J connectivity index is 2.09. The van der Waals surface area contributed by atoms with Crippen molar-refractivity contribution >= 4 is 22.3 Å². The number of fused-ring (bicyclic) bond motifs is 1. The highest BCUT2D eigenvalue weighted by Crippen LogP contribution is 2.28. The SMILES string of the molecule is COc1ccc2ccnc(Nc3ccccc3C)c2c1. The third-order valence-corrected chi connectivity index (χ3v) is 3.37.